The topological polar surface area (TPSA) is 89.6 Å². The van der Waals surface area contributed by atoms with Crippen LogP contribution in [0.5, 0.6) is 0 Å². The number of oxime groups is 1. The van der Waals surface area contributed by atoms with Gasteiger partial charge in [-0.1, -0.05) is 40.6 Å². The van der Waals surface area contributed by atoms with E-state index in [0.29, 0.717) is 18.0 Å². The molecule has 0 bridgehead atoms. The summed E-state index contributed by atoms with van der Waals surface area (Å²) in [6.07, 6.45) is 0.171. The summed E-state index contributed by atoms with van der Waals surface area (Å²) in [5, 5.41) is 9.88. The highest BCUT2D eigenvalue weighted by molar-refractivity contribution is 6.43. The Morgan fingerprint density at radius 2 is 2.15 bits per heavy atom. The van der Waals surface area contributed by atoms with Crippen molar-refractivity contribution in [3.63, 3.8) is 0 Å². The van der Waals surface area contributed by atoms with Gasteiger partial charge in [-0.3, -0.25) is 10.1 Å². The maximum absolute atomic E-state index is 12.0. The zero-order valence-corrected chi connectivity index (χ0v) is 10.7. The van der Waals surface area contributed by atoms with Crippen LogP contribution in [0.15, 0.2) is 40.0 Å². The van der Waals surface area contributed by atoms with Crippen LogP contribution in [0, 0.1) is 6.92 Å². The lowest BCUT2D eigenvalue weighted by molar-refractivity contribution is -0.110. The van der Waals surface area contributed by atoms with Gasteiger partial charge in [-0.15, -0.1) is 0 Å². The van der Waals surface area contributed by atoms with Gasteiger partial charge < -0.3 is 9.36 Å². The van der Waals surface area contributed by atoms with E-state index in [1.54, 1.807) is 6.92 Å². The molecule has 7 nitrogen and oxygen atoms in total. The fourth-order valence-electron chi connectivity index (χ4n) is 1.88. The largest absolute Gasteiger partial charge is 0.387 e. The first-order valence-electron chi connectivity index (χ1n) is 6.11. The number of rotatable bonds is 3. The Hall–Kier alpha value is -2.70. The van der Waals surface area contributed by atoms with E-state index in [0.717, 1.165) is 5.56 Å². The van der Waals surface area contributed by atoms with Gasteiger partial charge in [0.15, 0.2) is 11.9 Å². The van der Waals surface area contributed by atoms with E-state index in [9.17, 15) is 4.79 Å². The van der Waals surface area contributed by atoms with E-state index in [1.807, 2.05) is 30.3 Å². The standard InChI is InChI=1S/C13H12N4O3/c1-8-14-13(20-16-8)15-12(18)10-7-11(19-17-10)9-5-3-2-4-6-9/h2-6,11H,7H2,1H3,(H,14,15,16,18). The first-order chi connectivity index (χ1) is 9.72. The van der Waals surface area contributed by atoms with Crippen molar-refractivity contribution in [2.24, 2.45) is 5.16 Å². The van der Waals surface area contributed by atoms with E-state index < -0.39 is 5.91 Å². The van der Waals surface area contributed by atoms with Crippen LogP contribution in [0.2, 0.25) is 0 Å². The van der Waals surface area contributed by atoms with Crippen molar-refractivity contribution in [2.75, 3.05) is 5.32 Å². The van der Waals surface area contributed by atoms with E-state index in [-0.39, 0.29) is 12.1 Å². The van der Waals surface area contributed by atoms with Gasteiger partial charge in [0.2, 0.25) is 0 Å². The monoisotopic (exact) mass is 272 g/mol. The highest BCUT2D eigenvalue weighted by atomic mass is 16.6. The maximum Gasteiger partial charge on any atom is 0.328 e. The Labute approximate surface area is 114 Å². The molecule has 0 spiro atoms. The summed E-state index contributed by atoms with van der Waals surface area (Å²) in [5.74, 6) is 0.0548. The molecular formula is C13H12N4O3. The first kappa shape index (κ1) is 12.3. The second kappa shape index (κ2) is 5.12. The molecule has 1 amide bonds. The molecule has 2 heterocycles. The minimum Gasteiger partial charge on any atom is -0.387 e. The van der Waals surface area contributed by atoms with Crippen LogP contribution in [-0.2, 0) is 9.63 Å². The summed E-state index contributed by atoms with van der Waals surface area (Å²) >= 11 is 0. The molecule has 1 aromatic heterocycles. The van der Waals surface area contributed by atoms with Crippen LogP contribution in [-0.4, -0.2) is 21.8 Å². The van der Waals surface area contributed by atoms with Crippen molar-refractivity contribution in [3.8, 4) is 0 Å². The number of aromatic nitrogens is 2. The highest BCUT2D eigenvalue weighted by Crippen LogP contribution is 2.27. The number of carbonyl (C=O) groups is 1. The van der Waals surface area contributed by atoms with Gasteiger partial charge in [0.05, 0.1) is 0 Å². The molecule has 0 aliphatic carbocycles. The molecule has 0 saturated carbocycles. The molecule has 1 atom stereocenters. The summed E-state index contributed by atoms with van der Waals surface area (Å²) in [4.78, 5) is 21.1. The minimum absolute atomic E-state index is 0.0540. The molecule has 0 fully saturated rings. The van der Waals surface area contributed by atoms with E-state index in [2.05, 4.69) is 20.6 Å². The first-order valence-corrected chi connectivity index (χ1v) is 6.11. The molecule has 0 saturated heterocycles. The molecule has 20 heavy (non-hydrogen) atoms. The van der Waals surface area contributed by atoms with E-state index in [1.165, 1.54) is 0 Å². The third-order valence-corrected chi connectivity index (χ3v) is 2.85. The van der Waals surface area contributed by atoms with Crippen LogP contribution < -0.4 is 5.32 Å². The molecule has 102 valence electrons. The number of hydrogen-bond donors (Lipinski definition) is 1. The molecule has 1 N–H and O–H groups in total. The van der Waals surface area contributed by atoms with Crippen molar-refractivity contribution >= 4 is 17.6 Å². The number of aryl methyl sites for hydroxylation is 1. The highest BCUT2D eigenvalue weighted by Gasteiger charge is 2.28. The molecule has 0 radical (unpaired) electrons. The number of amides is 1. The summed E-state index contributed by atoms with van der Waals surface area (Å²) in [5.41, 5.74) is 1.28. The Bertz CT molecular complexity index is 651. The number of benzene rings is 1. The molecule has 3 rings (SSSR count). The SMILES string of the molecule is Cc1noc(NC(=O)C2=NOC(c3ccccc3)C2)n1. The lowest BCUT2D eigenvalue weighted by atomic mass is 10.0. The predicted octanol–water partition coefficient (Wildman–Crippen LogP) is 1.83. The molecule has 1 aliphatic rings. The van der Waals surface area contributed by atoms with Crippen LogP contribution in [0.3, 0.4) is 0 Å². The third-order valence-electron chi connectivity index (χ3n) is 2.85. The predicted molar refractivity (Wildman–Crippen MR) is 70.0 cm³/mol. The molecular weight excluding hydrogens is 260 g/mol. The zero-order valence-electron chi connectivity index (χ0n) is 10.7. The van der Waals surface area contributed by atoms with Gasteiger partial charge in [-0.2, -0.15) is 4.98 Å². The molecule has 2 aromatic rings. The second-order valence-corrected chi connectivity index (χ2v) is 4.35. The van der Waals surface area contributed by atoms with Crippen LogP contribution >= 0.6 is 0 Å². The van der Waals surface area contributed by atoms with Crippen molar-refractivity contribution in [1.82, 2.24) is 10.1 Å². The van der Waals surface area contributed by atoms with Crippen LogP contribution in [0.1, 0.15) is 23.9 Å². The summed E-state index contributed by atoms with van der Waals surface area (Å²) in [6, 6.07) is 9.67. The van der Waals surface area contributed by atoms with Crippen LogP contribution in [0.4, 0.5) is 6.01 Å². The molecule has 7 heteroatoms. The number of carbonyl (C=O) groups excluding carboxylic acids is 1. The van der Waals surface area contributed by atoms with Gasteiger partial charge >= 0.3 is 6.01 Å². The van der Waals surface area contributed by atoms with Crippen LogP contribution in [0.25, 0.3) is 0 Å². The van der Waals surface area contributed by atoms with Gasteiger partial charge in [0.25, 0.3) is 5.91 Å². The van der Waals surface area contributed by atoms with Gasteiger partial charge in [-0.25, -0.2) is 0 Å². The zero-order chi connectivity index (χ0) is 13.9. The van der Waals surface area contributed by atoms with Crippen molar-refractivity contribution in [1.29, 1.82) is 0 Å². The Morgan fingerprint density at radius 3 is 2.85 bits per heavy atom. The Balaban J connectivity index is 1.63. The van der Waals surface area contributed by atoms with Gasteiger partial charge in [0, 0.05) is 6.42 Å². The fourth-order valence-corrected chi connectivity index (χ4v) is 1.88. The lowest BCUT2D eigenvalue weighted by Crippen LogP contribution is -2.22. The Morgan fingerprint density at radius 1 is 1.35 bits per heavy atom. The van der Waals surface area contributed by atoms with Crippen molar-refractivity contribution < 1.29 is 14.2 Å². The normalized spacial score (nSPS) is 17.4. The van der Waals surface area contributed by atoms with Gasteiger partial charge in [0.1, 0.15) is 5.71 Å². The maximum atomic E-state index is 12.0. The van der Waals surface area contributed by atoms with E-state index in [4.69, 9.17) is 9.36 Å². The molecule has 1 aromatic carbocycles. The summed E-state index contributed by atoms with van der Waals surface area (Å²) < 4.78 is 4.82. The number of nitrogens with one attached hydrogen (secondary N) is 1. The average molecular weight is 272 g/mol. The number of hydrogen-bond acceptors (Lipinski definition) is 6. The summed E-state index contributed by atoms with van der Waals surface area (Å²) in [7, 11) is 0. The molecule has 1 aliphatic heterocycles. The second-order valence-electron chi connectivity index (χ2n) is 4.35. The molecule has 1 unspecified atom stereocenters. The quantitative estimate of drug-likeness (QED) is 0.920. The number of anilines is 1. The van der Waals surface area contributed by atoms with E-state index >= 15 is 0 Å². The average Bonchev–Trinajstić information content (AvgIpc) is 3.09. The summed E-state index contributed by atoms with van der Waals surface area (Å²) in [6.45, 7) is 1.67. The van der Waals surface area contributed by atoms with Crippen molar-refractivity contribution in [2.45, 2.75) is 19.4 Å². The minimum atomic E-state index is -0.396. The Kier molecular flexibility index (Phi) is 3.16. The lowest BCUT2D eigenvalue weighted by Gasteiger charge is -2.07. The smallest absolute Gasteiger partial charge is 0.328 e. The van der Waals surface area contributed by atoms with Crippen molar-refractivity contribution in [3.05, 3.63) is 41.7 Å². The number of nitrogens with zero attached hydrogens (tertiary/aromatic N) is 3. The van der Waals surface area contributed by atoms with Gasteiger partial charge in [-0.05, 0) is 12.5 Å². The fraction of sp³-hybridized carbons (Fsp3) is 0.231. The third kappa shape index (κ3) is 2.51.